The van der Waals surface area contributed by atoms with Crippen LogP contribution in [0.25, 0.3) is 0 Å². The van der Waals surface area contributed by atoms with Crippen LogP contribution < -0.4 is 10.6 Å². The summed E-state index contributed by atoms with van der Waals surface area (Å²) in [5, 5.41) is 5.55. The van der Waals surface area contributed by atoms with Crippen LogP contribution >= 0.6 is 19.2 Å². The second kappa shape index (κ2) is 11.3. The maximum absolute atomic E-state index is 13.2. The highest BCUT2D eigenvalue weighted by Crippen LogP contribution is 2.52. The van der Waals surface area contributed by atoms with Crippen LogP contribution in [0, 0.1) is 0 Å². The van der Waals surface area contributed by atoms with Gasteiger partial charge in [-0.15, -0.1) is 0 Å². The van der Waals surface area contributed by atoms with E-state index in [1.165, 1.54) is 4.90 Å². The zero-order valence-electron chi connectivity index (χ0n) is 16.0. The van der Waals surface area contributed by atoms with Crippen LogP contribution in [-0.4, -0.2) is 48.9 Å². The summed E-state index contributed by atoms with van der Waals surface area (Å²) in [7, 11) is -3.92. The molecule has 1 rings (SSSR count). The molecule has 0 radical (unpaired) electrons. The number of carbonyl (C=O) groups is 2. The molecule has 27 heavy (non-hydrogen) atoms. The van der Waals surface area contributed by atoms with Crippen LogP contribution in [0.15, 0.2) is 24.3 Å². The highest BCUT2D eigenvalue weighted by Gasteiger charge is 2.44. The molecule has 1 atom stereocenters. The minimum atomic E-state index is -3.92. The Morgan fingerprint density at radius 1 is 1.07 bits per heavy atom. The van der Waals surface area contributed by atoms with Crippen molar-refractivity contribution in [3.05, 3.63) is 29.3 Å². The quantitative estimate of drug-likeness (QED) is 0.560. The van der Waals surface area contributed by atoms with Crippen molar-refractivity contribution in [2.24, 2.45) is 0 Å². The van der Waals surface area contributed by atoms with Gasteiger partial charge in [0.25, 0.3) is 5.91 Å². The Bertz CT molecular complexity index is 657. The first kappa shape index (κ1) is 23.4. The lowest BCUT2D eigenvalue weighted by atomic mass is 10.3. The largest absolute Gasteiger partial charge is 0.362 e. The van der Waals surface area contributed by atoms with E-state index in [0.717, 1.165) is 0 Å². The maximum atomic E-state index is 13.2. The molecular weight excluding hydrogens is 393 g/mol. The molecule has 0 aliphatic rings. The van der Waals surface area contributed by atoms with Crippen molar-refractivity contribution in [3.8, 4) is 0 Å². The Balaban J connectivity index is 3.08. The summed E-state index contributed by atoms with van der Waals surface area (Å²) < 4.78 is 23.7. The molecule has 0 spiro atoms. The average Bonchev–Trinajstić information content (AvgIpc) is 2.63. The SMILES string of the molecule is CCOP(=O)(OCC)[C@H](NC(=O)Nc1ccc(Cl)cc1)C(=O)N(CC)CC. The van der Waals surface area contributed by atoms with E-state index in [1.807, 2.05) is 0 Å². The number of nitrogens with zero attached hydrogens (tertiary/aromatic N) is 1. The molecule has 0 unspecified atom stereocenters. The molecule has 0 saturated carbocycles. The minimum absolute atomic E-state index is 0.0692. The lowest BCUT2D eigenvalue weighted by Crippen LogP contribution is -2.50. The number of hydrogen-bond donors (Lipinski definition) is 2. The standard InChI is InChI=1S/C17H27ClN3O5P/c1-5-21(6-2)16(22)15(27(24,25-7-3)26-8-4)20-17(23)19-14-11-9-13(18)10-12-14/h9-12,15H,5-8H2,1-4H3,(H2,19,20,23)/t15-/m0/s1. The Kier molecular flexibility index (Phi) is 9.80. The first-order valence-corrected chi connectivity index (χ1v) is 10.8. The number of nitrogens with one attached hydrogen (secondary N) is 2. The number of likely N-dealkylation sites (N-methyl/N-ethyl adjacent to an activating group) is 1. The third-order valence-electron chi connectivity index (χ3n) is 3.61. The summed E-state index contributed by atoms with van der Waals surface area (Å²) in [6.07, 6.45) is 0. The molecule has 0 aliphatic carbocycles. The number of rotatable bonds is 10. The predicted molar refractivity (Wildman–Crippen MR) is 106 cm³/mol. The third kappa shape index (κ3) is 6.81. The van der Waals surface area contributed by atoms with Gasteiger partial charge in [0, 0.05) is 23.8 Å². The molecule has 3 amide bonds. The van der Waals surface area contributed by atoms with Gasteiger partial charge in [-0.05, 0) is 52.0 Å². The average molecular weight is 420 g/mol. The van der Waals surface area contributed by atoms with Gasteiger partial charge in [0.15, 0.2) is 0 Å². The molecule has 1 aromatic carbocycles. The maximum Gasteiger partial charge on any atom is 0.362 e. The van der Waals surface area contributed by atoms with Crippen LogP contribution in [0.3, 0.4) is 0 Å². The van der Waals surface area contributed by atoms with Crippen molar-refractivity contribution in [2.75, 3.05) is 31.6 Å². The number of benzene rings is 1. The van der Waals surface area contributed by atoms with Crippen molar-refractivity contribution >= 4 is 36.8 Å². The molecule has 2 N–H and O–H groups in total. The van der Waals surface area contributed by atoms with Crippen LogP contribution in [0.4, 0.5) is 10.5 Å². The van der Waals surface area contributed by atoms with Crippen molar-refractivity contribution in [3.63, 3.8) is 0 Å². The summed E-state index contributed by atoms with van der Waals surface area (Å²) in [5.74, 6) is -1.99. The van der Waals surface area contributed by atoms with Crippen LogP contribution in [0.5, 0.6) is 0 Å². The zero-order chi connectivity index (χ0) is 20.4. The van der Waals surface area contributed by atoms with Crippen molar-refractivity contribution in [1.82, 2.24) is 10.2 Å². The topological polar surface area (TPSA) is 97.0 Å². The van der Waals surface area contributed by atoms with Gasteiger partial charge in [-0.3, -0.25) is 9.36 Å². The van der Waals surface area contributed by atoms with Gasteiger partial charge in [-0.25, -0.2) is 4.79 Å². The summed E-state index contributed by atoms with van der Waals surface area (Å²) in [5.41, 5.74) is 0.466. The number of anilines is 1. The van der Waals surface area contributed by atoms with Gasteiger partial charge in [-0.1, -0.05) is 11.6 Å². The molecule has 0 saturated heterocycles. The second-order valence-electron chi connectivity index (χ2n) is 5.39. The van der Waals surface area contributed by atoms with E-state index >= 15 is 0 Å². The molecule has 152 valence electrons. The van der Waals surface area contributed by atoms with E-state index in [4.69, 9.17) is 20.6 Å². The van der Waals surface area contributed by atoms with E-state index < -0.39 is 25.3 Å². The number of carbonyl (C=O) groups excluding carboxylic acids is 2. The van der Waals surface area contributed by atoms with Crippen LogP contribution in [0.1, 0.15) is 27.7 Å². The number of hydrogen-bond acceptors (Lipinski definition) is 5. The van der Waals surface area contributed by atoms with E-state index in [1.54, 1.807) is 52.0 Å². The molecule has 1 aromatic rings. The van der Waals surface area contributed by atoms with Crippen LogP contribution in [0.2, 0.25) is 5.02 Å². The van der Waals surface area contributed by atoms with E-state index in [0.29, 0.717) is 23.8 Å². The van der Waals surface area contributed by atoms with Crippen molar-refractivity contribution < 1.29 is 23.2 Å². The number of urea groups is 1. The molecule has 0 bridgehead atoms. The normalized spacial score (nSPS) is 12.3. The summed E-state index contributed by atoms with van der Waals surface area (Å²) >= 11 is 5.82. The molecule has 10 heteroatoms. The molecule has 0 heterocycles. The van der Waals surface area contributed by atoms with E-state index in [9.17, 15) is 14.2 Å². The predicted octanol–water partition coefficient (Wildman–Crippen LogP) is 3.92. The zero-order valence-corrected chi connectivity index (χ0v) is 17.7. The van der Waals surface area contributed by atoms with Gasteiger partial charge in [0.05, 0.1) is 13.2 Å². The Labute approximate surface area is 165 Å². The number of amides is 3. The van der Waals surface area contributed by atoms with Crippen molar-refractivity contribution in [2.45, 2.75) is 33.5 Å². The fraction of sp³-hybridized carbons (Fsp3) is 0.529. The summed E-state index contributed by atoms with van der Waals surface area (Å²) in [6, 6.07) is 5.73. The fourth-order valence-electron chi connectivity index (χ4n) is 2.36. The van der Waals surface area contributed by atoms with Gasteiger partial charge in [0.2, 0.25) is 5.78 Å². The highest BCUT2D eigenvalue weighted by atomic mass is 35.5. The summed E-state index contributed by atoms with van der Waals surface area (Å²) in [6.45, 7) is 7.78. The molecule has 0 aliphatic heterocycles. The Morgan fingerprint density at radius 3 is 2.04 bits per heavy atom. The first-order chi connectivity index (χ1) is 12.8. The lowest BCUT2D eigenvalue weighted by molar-refractivity contribution is -0.131. The van der Waals surface area contributed by atoms with Gasteiger partial charge in [0.1, 0.15) is 0 Å². The fourth-order valence-corrected chi connectivity index (χ4v) is 4.28. The Hall–Kier alpha value is -1.60. The minimum Gasteiger partial charge on any atom is -0.341 e. The van der Waals surface area contributed by atoms with E-state index in [2.05, 4.69) is 10.6 Å². The molecule has 0 fully saturated rings. The molecule has 0 aromatic heterocycles. The third-order valence-corrected chi connectivity index (χ3v) is 6.08. The lowest BCUT2D eigenvalue weighted by Gasteiger charge is -2.30. The number of halogens is 1. The van der Waals surface area contributed by atoms with Gasteiger partial charge >= 0.3 is 13.6 Å². The second-order valence-corrected chi connectivity index (χ2v) is 7.94. The van der Waals surface area contributed by atoms with Gasteiger partial charge in [-0.2, -0.15) is 0 Å². The van der Waals surface area contributed by atoms with Gasteiger partial charge < -0.3 is 24.6 Å². The smallest absolute Gasteiger partial charge is 0.341 e. The van der Waals surface area contributed by atoms with E-state index in [-0.39, 0.29) is 13.2 Å². The Morgan fingerprint density at radius 2 is 1.59 bits per heavy atom. The van der Waals surface area contributed by atoms with Crippen molar-refractivity contribution in [1.29, 1.82) is 0 Å². The molecular formula is C17H27ClN3O5P. The summed E-state index contributed by atoms with van der Waals surface area (Å²) in [4.78, 5) is 26.7. The molecule has 8 nitrogen and oxygen atoms in total. The van der Waals surface area contributed by atoms with Crippen LogP contribution in [-0.2, 0) is 18.4 Å². The monoisotopic (exact) mass is 419 g/mol. The first-order valence-electron chi connectivity index (χ1n) is 8.81. The highest BCUT2D eigenvalue weighted by molar-refractivity contribution is 7.55.